The molecule has 2 aromatic rings. The number of methoxy groups -OCH3 is 1. The average Bonchev–Trinajstić information content (AvgIpc) is 3.05. The van der Waals surface area contributed by atoms with Crippen LogP contribution in [0.25, 0.3) is 0 Å². The first-order chi connectivity index (χ1) is 12.4. The van der Waals surface area contributed by atoms with Gasteiger partial charge in [-0.2, -0.15) is 5.10 Å². The van der Waals surface area contributed by atoms with Crippen molar-refractivity contribution in [2.75, 3.05) is 12.4 Å². The normalized spacial score (nSPS) is 16.2. The number of nitro groups is 1. The molecule has 0 amide bonds. The lowest BCUT2D eigenvalue weighted by atomic mass is 10.1. The number of fused-ring (bicyclic) bond motifs is 1. The molecule has 0 aliphatic carbocycles. The van der Waals surface area contributed by atoms with Gasteiger partial charge < -0.3 is 10.1 Å². The third kappa shape index (κ3) is 3.48. The van der Waals surface area contributed by atoms with Crippen molar-refractivity contribution in [1.29, 1.82) is 0 Å². The third-order valence-corrected chi connectivity index (χ3v) is 4.22. The maximum Gasteiger partial charge on any atom is 0.339 e. The van der Waals surface area contributed by atoms with Gasteiger partial charge in [0.1, 0.15) is 5.82 Å². The third-order valence-electron chi connectivity index (χ3n) is 4.22. The molecule has 0 fully saturated rings. The summed E-state index contributed by atoms with van der Waals surface area (Å²) in [7, 11) is 1.21. The molecule has 1 unspecified atom stereocenters. The fourth-order valence-corrected chi connectivity index (χ4v) is 2.82. The van der Waals surface area contributed by atoms with E-state index in [0.717, 1.165) is 24.5 Å². The van der Waals surface area contributed by atoms with Crippen molar-refractivity contribution in [3.63, 3.8) is 0 Å². The van der Waals surface area contributed by atoms with Gasteiger partial charge in [-0.1, -0.05) is 13.8 Å². The van der Waals surface area contributed by atoms with E-state index in [1.54, 1.807) is 0 Å². The number of hydrogen-bond acceptors (Lipinski definition) is 8. The predicted octanol–water partition coefficient (Wildman–Crippen LogP) is 1.92. The van der Waals surface area contributed by atoms with E-state index >= 15 is 0 Å². The Balaban J connectivity index is 1.80. The molecule has 0 saturated carbocycles. The van der Waals surface area contributed by atoms with Crippen LogP contribution < -0.4 is 5.32 Å². The summed E-state index contributed by atoms with van der Waals surface area (Å²) in [5, 5.41) is 18.9. The smallest absolute Gasteiger partial charge is 0.339 e. The Labute approximate surface area is 149 Å². The number of pyridine rings is 1. The summed E-state index contributed by atoms with van der Waals surface area (Å²) < 4.78 is 6.42. The molecule has 1 aliphatic rings. The Morgan fingerprint density at radius 3 is 2.92 bits per heavy atom. The molecule has 138 valence electrons. The SMILES string of the molecule is COC(=O)c1cnc(NC2CCc3nc(C(C)C)nn3C2)c([N+](=O)[O-])c1. The average molecular weight is 360 g/mol. The zero-order valence-electron chi connectivity index (χ0n) is 14.8. The van der Waals surface area contributed by atoms with Crippen LogP contribution in [-0.2, 0) is 17.7 Å². The van der Waals surface area contributed by atoms with Crippen molar-refractivity contribution in [3.05, 3.63) is 39.6 Å². The number of rotatable bonds is 5. The molecule has 0 bridgehead atoms. The van der Waals surface area contributed by atoms with Crippen molar-refractivity contribution in [1.82, 2.24) is 19.7 Å². The number of esters is 1. The maximum absolute atomic E-state index is 11.6. The molecule has 2 aromatic heterocycles. The van der Waals surface area contributed by atoms with E-state index < -0.39 is 10.9 Å². The van der Waals surface area contributed by atoms with Gasteiger partial charge in [-0.3, -0.25) is 10.1 Å². The van der Waals surface area contributed by atoms with Gasteiger partial charge in [-0.15, -0.1) is 0 Å². The van der Waals surface area contributed by atoms with E-state index in [1.165, 1.54) is 19.4 Å². The number of ether oxygens (including phenoxy) is 1. The zero-order chi connectivity index (χ0) is 18.8. The molecule has 26 heavy (non-hydrogen) atoms. The van der Waals surface area contributed by atoms with Crippen LogP contribution >= 0.6 is 0 Å². The molecule has 0 saturated heterocycles. The number of carbonyl (C=O) groups is 1. The quantitative estimate of drug-likeness (QED) is 0.487. The van der Waals surface area contributed by atoms with E-state index in [1.807, 2.05) is 18.5 Å². The van der Waals surface area contributed by atoms with Gasteiger partial charge in [-0.05, 0) is 6.42 Å². The number of aryl methyl sites for hydroxylation is 1. The largest absolute Gasteiger partial charge is 0.465 e. The van der Waals surface area contributed by atoms with Gasteiger partial charge in [0.2, 0.25) is 5.82 Å². The minimum absolute atomic E-state index is 0.0357. The van der Waals surface area contributed by atoms with Crippen molar-refractivity contribution in [2.45, 2.75) is 45.2 Å². The molecule has 1 aliphatic heterocycles. The van der Waals surface area contributed by atoms with Crippen LogP contribution in [0.1, 0.15) is 48.2 Å². The van der Waals surface area contributed by atoms with Gasteiger partial charge >= 0.3 is 11.7 Å². The number of carbonyl (C=O) groups excluding carboxylic acids is 1. The lowest BCUT2D eigenvalue weighted by Crippen LogP contribution is -2.32. The Kier molecular flexibility index (Phi) is 4.83. The molecule has 0 spiro atoms. The first kappa shape index (κ1) is 17.8. The van der Waals surface area contributed by atoms with Crippen LogP contribution in [0.15, 0.2) is 12.3 Å². The highest BCUT2D eigenvalue weighted by Gasteiger charge is 2.26. The Morgan fingerprint density at radius 2 is 2.27 bits per heavy atom. The predicted molar refractivity (Wildman–Crippen MR) is 92.1 cm³/mol. The van der Waals surface area contributed by atoms with Crippen molar-refractivity contribution in [2.24, 2.45) is 0 Å². The zero-order valence-corrected chi connectivity index (χ0v) is 14.8. The van der Waals surface area contributed by atoms with Crippen molar-refractivity contribution < 1.29 is 14.5 Å². The van der Waals surface area contributed by atoms with E-state index in [2.05, 4.69) is 25.1 Å². The second-order valence-electron chi connectivity index (χ2n) is 6.44. The standard InChI is InChI=1S/C16H20N6O4/c1-9(2)14-19-13-5-4-11(8-21(13)20-14)18-15-12(22(24)25)6-10(7-17-15)16(23)26-3/h6-7,9,11H,4-5,8H2,1-3H3,(H,17,18). The Hall–Kier alpha value is -3.04. The van der Waals surface area contributed by atoms with Crippen LogP contribution in [0, 0.1) is 10.1 Å². The summed E-state index contributed by atoms with van der Waals surface area (Å²) >= 11 is 0. The highest BCUT2D eigenvalue weighted by molar-refractivity contribution is 5.90. The van der Waals surface area contributed by atoms with E-state index in [9.17, 15) is 14.9 Å². The molecule has 1 N–H and O–H groups in total. The number of anilines is 1. The molecule has 3 heterocycles. The number of nitrogens with zero attached hydrogens (tertiary/aromatic N) is 5. The summed E-state index contributed by atoms with van der Waals surface area (Å²) in [6, 6.07) is 1.10. The molecule has 0 radical (unpaired) electrons. The van der Waals surface area contributed by atoms with Crippen LogP contribution in [0.3, 0.4) is 0 Å². The van der Waals surface area contributed by atoms with Crippen LogP contribution in [0.2, 0.25) is 0 Å². The highest BCUT2D eigenvalue weighted by Crippen LogP contribution is 2.26. The molecule has 3 rings (SSSR count). The van der Waals surface area contributed by atoms with Crippen LogP contribution in [0.4, 0.5) is 11.5 Å². The minimum Gasteiger partial charge on any atom is -0.465 e. The summed E-state index contributed by atoms with van der Waals surface area (Å²) in [5.74, 6) is 1.43. The highest BCUT2D eigenvalue weighted by atomic mass is 16.6. The van der Waals surface area contributed by atoms with E-state index in [-0.39, 0.29) is 29.0 Å². The van der Waals surface area contributed by atoms with Gasteiger partial charge in [0.05, 0.1) is 24.1 Å². The number of aromatic nitrogens is 4. The molecular formula is C16H20N6O4. The van der Waals surface area contributed by atoms with Gasteiger partial charge in [-0.25, -0.2) is 19.4 Å². The first-order valence-corrected chi connectivity index (χ1v) is 8.32. The van der Waals surface area contributed by atoms with Crippen molar-refractivity contribution >= 4 is 17.5 Å². The molecule has 1 atom stereocenters. The maximum atomic E-state index is 11.6. The molecule has 10 heteroatoms. The minimum atomic E-state index is -0.668. The van der Waals surface area contributed by atoms with E-state index in [0.29, 0.717) is 6.54 Å². The van der Waals surface area contributed by atoms with Gasteiger partial charge in [0, 0.05) is 30.6 Å². The lowest BCUT2D eigenvalue weighted by Gasteiger charge is -2.23. The Bertz CT molecular complexity index is 847. The second-order valence-corrected chi connectivity index (χ2v) is 6.44. The first-order valence-electron chi connectivity index (χ1n) is 8.32. The number of hydrogen-bond donors (Lipinski definition) is 1. The number of nitrogens with one attached hydrogen (secondary N) is 1. The molecular weight excluding hydrogens is 340 g/mol. The van der Waals surface area contributed by atoms with Gasteiger partial charge in [0.15, 0.2) is 5.82 Å². The summed E-state index contributed by atoms with van der Waals surface area (Å²) in [6.07, 6.45) is 2.75. The van der Waals surface area contributed by atoms with E-state index in [4.69, 9.17) is 0 Å². The monoisotopic (exact) mass is 360 g/mol. The second kappa shape index (κ2) is 7.06. The Morgan fingerprint density at radius 1 is 1.50 bits per heavy atom. The molecule has 10 nitrogen and oxygen atoms in total. The topological polar surface area (TPSA) is 125 Å². The lowest BCUT2D eigenvalue weighted by molar-refractivity contribution is -0.384. The van der Waals surface area contributed by atoms with Gasteiger partial charge in [0.25, 0.3) is 0 Å². The summed E-state index contributed by atoms with van der Waals surface area (Å²) in [4.78, 5) is 30.9. The fraction of sp³-hybridized carbons (Fsp3) is 0.500. The fourth-order valence-electron chi connectivity index (χ4n) is 2.82. The van der Waals surface area contributed by atoms with Crippen LogP contribution in [-0.4, -0.2) is 43.8 Å². The summed E-state index contributed by atoms with van der Waals surface area (Å²) in [6.45, 7) is 4.62. The van der Waals surface area contributed by atoms with Crippen LogP contribution in [0.5, 0.6) is 0 Å². The summed E-state index contributed by atoms with van der Waals surface area (Å²) in [5.41, 5.74) is -0.228. The molecule has 0 aromatic carbocycles. The van der Waals surface area contributed by atoms with Crippen molar-refractivity contribution in [3.8, 4) is 0 Å².